The zero-order chi connectivity index (χ0) is 22.6. The second kappa shape index (κ2) is 7.65. The van der Waals surface area contributed by atoms with Crippen molar-refractivity contribution in [2.45, 2.75) is 57.7 Å². The Balaban J connectivity index is 1.22. The van der Waals surface area contributed by atoms with Crippen LogP contribution < -0.4 is 14.2 Å². The molecule has 1 fully saturated rings. The van der Waals surface area contributed by atoms with Crippen LogP contribution in [-0.2, 0) is 17.8 Å². The number of aryl methyl sites for hydroxylation is 1. The third-order valence-corrected chi connectivity index (χ3v) is 7.37. The highest BCUT2D eigenvalue weighted by Gasteiger charge is 2.50. The molecule has 0 saturated heterocycles. The molecule has 33 heavy (non-hydrogen) atoms. The first-order valence-electron chi connectivity index (χ1n) is 11.8. The number of rotatable bonds is 6. The number of hydrogen-bond donors (Lipinski definition) is 0. The Morgan fingerprint density at radius 3 is 2.79 bits per heavy atom. The Morgan fingerprint density at radius 2 is 1.97 bits per heavy atom. The van der Waals surface area contributed by atoms with Crippen molar-refractivity contribution in [2.75, 3.05) is 6.61 Å². The average molecular weight is 441 g/mol. The third-order valence-electron chi connectivity index (χ3n) is 7.37. The van der Waals surface area contributed by atoms with Crippen molar-refractivity contribution < 1.29 is 19.0 Å². The van der Waals surface area contributed by atoms with E-state index in [1.807, 2.05) is 18.2 Å². The van der Waals surface area contributed by atoms with Gasteiger partial charge in [0.05, 0.1) is 6.61 Å². The summed E-state index contributed by atoms with van der Waals surface area (Å²) in [5.74, 6) is 2.85. The van der Waals surface area contributed by atoms with Crippen LogP contribution in [0.25, 0.3) is 11.1 Å². The van der Waals surface area contributed by atoms with Crippen molar-refractivity contribution >= 4 is 6.29 Å². The number of aldehydes is 1. The van der Waals surface area contributed by atoms with E-state index in [2.05, 4.69) is 44.2 Å². The van der Waals surface area contributed by atoms with Crippen molar-refractivity contribution in [2.24, 2.45) is 0 Å². The number of ether oxygens (including phenoxy) is 3. The molecule has 1 spiro atoms. The minimum Gasteiger partial charge on any atom is -0.492 e. The van der Waals surface area contributed by atoms with Gasteiger partial charge in [0.1, 0.15) is 35.7 Å². The molecule has 1 unspecified atom stereocenters. The Labute approximate surface area is 194 Å². The van der Waals surface area contributed by atoms with Crippen LogP contribution in [0.15, 0.2) is 48.5 Å². The minimum atomic E-state index is 0.0979. The molecule has 4 heteroatoms. The highest BCUT2D eigenvalue weighted by molar-refractivity contribution is 5.75. The smallest absolute Gasteiger partial charge is 0.126 e. The number of hydrogen-bond acceptors (Lipinski definition) is 4. The van der Waals surface area contributed by atoms with Crippen LogP contribution in [-0.4, -0.2) is 18.5 Å². The van der Waals surface area contributed by atoms with Crippen LogP contribution in [0, 0.1) is 13.8 Å². The molecule has 0 aromatic heterocycles. The van der Waals surface area contributed by atoms with Gasteiger partial charge in [0.2, 0.25) is 0 Å². The normalized spacial score (nSPS) is 18.9. The van der Waals surface area contributed by atoms with Gasteiger partial charge in [-0.25, -0.2) is 0 Å². The van der Waals surface area contributed by atoms with Crippen LogP contribution in [0.4, 0.5) is 0 Å². The van der Waals surface area contributed by atoms with Crippen LogP contribution in [0.1, 0.15) is 53.0 Å². The van der Waals surface area contributed by atoms with E-state index < -0.39 is 0 Å². The van der Waals surface area contributed by atoms with Crippen molar-refractivity contribution in [3.63, 3.8) is 0 Å². The van der Waals surface area contributed by atoms with Crippen molar-refractivity contribution in [1.29, 1.82) is 0 Å². The van der Waals surface area contributed by atoms with E-state index in [4.69, 9.17) is 14.2 Å². The molecular formula is C29H28O4. The molecule has 2 aliphatic heterocycles. The first kappa shape index (κ1) is 20.3. The second-order valence-corrected chi connectivity index (χ2v) is 9.73. The van der Waals surface area contributed by atoms with Gasteiger partial charge < -0.3 is 19.0 Å². The Kier molecular flexibility index (Phi) is 4.72. The van der Waals surface area contributed by atoms with Crippen LogP contribution in [0.2, 0.25) is 0 Å². The largest absolute Gasteiger partial charge is 0.492 e. The lowest BCUT2D eigenvalue weighted by molar-refractivity contribution is -0.108. The van der Waals surface area contributed by atoms with Gasteiger partial charge in [0.15, 0.2) is 0 Å². The number of benzene rings is 3. The molecule has 6 rings (SSSR count). The molecule has 1 atom stereocenters. The number of carbonyl (C=O) groups excluding carboxylic acids is 1. The second-order valence-electron chi connectivity index (χ2n) is 9.73. The van der Waals surface area contributed by atoms with Gasteiger partial charge >= 0.3 is 0 Å². The van der Waals surface area contributed by atoms with Gasteiger partial charge in [-0.1, -0.05) is 24.3 Å². The van der Waals surface area contributed by atoms with Gasteiger partial charge in [-0.3, -0.25) is 0 Å². The fourth-order valence-electron chi connectivity index (χ4n) is 5.39. The molecule has 3 aromatic rings. The predicted octanol–water partition coefficient (Wildman–Crippen LogP) is 6.08. The summed E-state index contributed by atoms with van der Waals surface area (Å²) in [5, 5.41) is 0. The SMILES string of the molecule is Cc1cc2c(c(C)c1-c1cccc(COc3ccc4c(c3)OCC4CC=O)c1)CC1(CC1)O2. The molecule has 168 valence electrons. The molecule has 0 bridgehead atoms. The highest BCUT2D eigenvalue weighted by Crippen LogP contribution is 2.52. The molecule has 4 nitrogen and oxygen atoms in total. The molecule has 1 aliphatic carbocycles. The maximum atomic E-state index is 10.9. The van der Waals surface area contributed by atoms with E-state index in [-0.39, 0.29) is 11.5 Å². The third kappa shape index (κ3) is 3.58. The van der Waals surface area contributed by atoms with Gasteiger partial charge in [-0.05, 0) is 72.7 Å². The van der Waals surface area contributed by atoms with Gasteiger partial charge in [0, 0.05) is 36.0 Å². The van der Waals surface area contributed by atoms with Crippen molar-refractivity contribution in [1.82, 2.24) is 0 Å². The van der Waals surface area contributed by atoms with E-state index >= 15 is 0 Å². The quantitative estimate of drug-likeness (QED) is 0.436. The van der Waals surface area contributed by atoms with Crippen molar-refractivity contribution in [3.05, 3.63) is 76.3 Å². The van der Waals surface area contributed by atoms with Crippen LogP contribution >= 0.6 is 0 Å². The summed E-state index contributed by atoms with van der Waals surface area (Å²) >= 11 is 0. The lowest BCUT2D eigenvalue weighted by Crippen LogP contribution is -2.12. The number of carbonyl (C=O) groups is 1. The monoisotopic (exact) mass is 440 g/mol. The maximum Gasteiger partial charge on any atom is 0.126 e. The number of fused-ring (bicyclic) bond motifs is 2. The molecule has 0 N–H and O–H groups in total. The zero-order valence-electron chi connectivity index (χ0n) is 19.1. The lowest BCUT2D eigenvalue weighted by atomic mass is 9.90. The lowest BCUT2D eigenvalue weighted by Gasteiger charge is -2.15. The Bertz CT molecular complexity index is 1250. The summed E-state index contributed by atoms with van der Waals surface area (Å²) in [6.45, 7) is 5.46. The topological polar surface area (TPSA) is 44.8 Å². The Hall–Kier alpha value is -3.27. The fourth-order valence-corrected chi connectivity index (χ4v) is 5.39. The summed E-state index contributed by atoms with van der Waals surface area (Å²) in [4.78, 5) is 10.9. The molecular weight excluding hydrogens is 412 g/mol. The van der Waals surface area contributed by atoms with Gasteiger partial charge in [-0.2, -0.15) is 0 Å². The summed E-state index contributed by atoms with van der Waals surface area (Å²) in [7, 11) is 0. The summed E-state index contributed by atoms with van der Waals surface area (Å²) < 4.78 is 18.1. The highest BCUT2D eigenvalue weighted by atomic mass is 16.5. The van der Waals surface area contributed by atoms with Gasteiger partial charge in [0.25, 0.3) is 0 Å². The van der Waals surface area contributed by atoms with E-state index in [0.29, 0.717) is 19.6 Å². The van der Waals surface area contributed by atoms with E-state index in [1.54, 1.807) is 0 Å². The fraction of sp³-hybridized carbons (Fsp3) is 0.345. The molecule has 2 heterocycles. The maximum absolute atomic E-state index is 10.9. The van der Waals surface area contributed by atoms with Crippen LogP contribution in [0.3, 0.4) is 0 Å². The van der Waals surface area contributed by atoms with Gasteiger partial charge in [-0.15, -0.1) is 0 Å². The molecule has 1 saturated carbocycles. The molecule has 0 amide bonds. The first-order chi connectivity index (χ1) is 16.0. The molecule has 3 aromatic carbocycles. The minimum absolute atomic E-state index is 0.0979. The van der Waals surface area contributed by atoms with E-state index in [0.717, 1.165) is 41.1 Å². The first-order valence-corrected chi connectivity index (χ1v) is 11.8. The van der Waals surface area contributed by atoms with Crippen LogP contribution in [0.5, 0.6) is 17.2 Å². The predicted molar refractivity (Wildman–Crippen MR) is 127 cm³/mol. The molecule has 0 radical (unpaired) electrons. The summed E-state index contributed by atoms with van der Waals surface area (Å²) in [5.41, 5.74) is 8.82. The van der Waals surface area contributed by atoms with Crippen molar-refractivity contribution in [3.8, 4) is 28.4 Å². The standard InChI is InChI=1S/C29H28O4/c1-18-12-27-25(15-29(33-27)9-10-29)19(2)28(18)21-5-3-4-20(13-21)16-31-23-6-7-24-22(8-11-30)17-32-26(24)14-23/h3-7,11-14,22H,8-10,15-17H2,1-2H3. The average Bonchev–Trinajstić information content (AvgIpc) is 3.28. The zero-order valence-corrected chi connectivity index (χ0v) is 19.1. The summed E-state index contributed by atoms with van der Waals surface area (Å²) in [6.07, 6.45) is 4.84. The van der Waals surface area contributed by atoms with E-state index in [1.165, 1.54) is 40.7 Å². The molecule has 3 aliphatic rings. The summed E-state index contributed by atoms with van der Waals surface area (Å²) in [6, 6.07) is 16.8. The Morgan fingerprint density at radius 1 is 1.09 bits per heavy atom. The van der Waals surface area contributed by atoms with E-state index in [9.17, 15) is 4.79 Å².